The molecular formula is C14H22N4O2. The third-order valence-electron chi connectivity index (χ3n) is 2.98. The minimum Gasteiger partial charge on any atom is -0.350 e. The Kier molecular flexibility index (Phi) is 6.49. The molecule has 6 heteroatoms. The van der Waals surface area contributed by atoms with Crippen molar-refractivity contribution in [2.75, 3.05) is 13.1 Å². The quantitative estimate of drug-likeness (QED) is 0.683. The number of aromatic nitrogens is 1. The summed E-state index contributed by atoms with van der Waals surface area (Å²) in [5.41, 5.74) is 0.505. The Labute approximate surface area is 119 Å². The van der Waals surface area contributed by atoms with Crippen LogP contribution in [0.2, 0.25) is 0 Å². The van der Waals surface area contributed by atoms with Crippen molar-refractivity contribution >= 4 is 11.9 Å². The van der Waals surface area contributed by atoms with Gasteiger partial charge in [-0.25, -0.2) is 4.79 Å². The predicted molar refractivity (Wildman–Crippen MR) is 77.4 cm³/mol. The maximum absolute atomic E-state index is 11.7. The van der Waals surface area contributed by atoms with E-state index in [1.165, 1.54) is 6.20 Å². The predicted octanol–water partition coefficient (Wildman–Crippen LogP) is 1.16. The molecule has 110 valence electrons. The van der Waals surface area contributed by atoms with Crippen molar-refractivity contribution in [2.45, 2.75) is 26.8 Å². The largest absolute Gasteiger partial charge is 0.350 e. The average molecular weight is 278 g/mol. The number of hydrogen-bond acceptors (Lipinski definition) is 3. The van der Waals surface area contributed by atoms with Gasteiger partial charge in [0.25, 0.3) is 5.91 Å². The van der Waals surface area contributed by atoms with Gasteiger partial charge in [-0.1, -0.05) is 13.8 Å². The zero-order valence-corrected chi connectivity index (χ0v) is 12.1. The molecule has 0 aliphatic heterocycles. The molecule has 1 aromatic rings. The maximum Gasteiger partial charge on any atom is 0.315 e. The summed E-state index contributed by atoms with van der Waals surface area (Å²) in [6.45, 7) is 6.78. The van der Waals surface area contributed by atoms with Crippen molar-refractivity contribution in [3.63, 3.8) is 0 Å². The number of nitrogens with one attached hydrogen (secondary N) is 3. The van der Waals surface area contributed by atoms with Crippen molar-refractivity contribution in [1.82, 2.24) is 20.9 Å². The van der Waals surface area contributed by atoms with Crippen molar-refractivity contribution in [1.29, 1.82) is 0 Å². The topological polar surface area (TPSA) is 83.1 Å². The lowest BCUT2D eigenvalue weighted by Gasteiger charge is -2.17. The summed E-state index contributed by atoms with van der Waals surface area (Å²) < 4.78 is 0. The van der Waals surface area contributed by atoms with Crippen molar-refractivity contribution in [2.24, 2.45) is 5.92 Å². The first kappa shape index (κ1) is 15.9. The summed E-state index contributed by atoms with van der Waals surface area (Å²) in [7, 11) is 0. The maximum atomic E-state index is 11.7. The third kappa shape index (κ3) is 5.69. The van der Waals surface area contributed by atoms with Crippen LogP contribution < -0.4 is 16.0 Å². The molecule has 6 nitrogen and oxygen atoms in total. The first-order chi connectivity index (χ1) is 9.50. The highest BCUT2D eigenvalue weighted by Crippen LogP contribution is 1.98. The van der Waals surface area contributed by atoms with Crippen LogP contribution in [0.5, 0.6) is 0 Å². The number of rotatable bonds is 6. The van der Waals surface area contributed by atoms with E-state index in [2.05, 4.69) is 20.9 Å². The Bertz CT molecular complexity index is 434. The highest BCUT2D eigenvalue weighted by molar-refractivity contribution is 5.93. The van der Waals surface area contributed by atoms with E-state index in [1.807, 2.05) is 20.8 Å². The Balaban J connectivity index is 2.19. The lowest BCUT2D eigenvalue weighted by Crippen LogP contribution is -2.45. The first-order valence-corrected chi connectivity index (χ1v) is 6.73. The molecule has 1 heterocycles. The van der Waals surface area contributed by atoms with Gasteiger partial charge in [-0.05, 0) is 25.0 Å². The van der Waals surface area contributed by atoms with E-state index in [-0.39, 0.29) is 18.0 Å². The Morgan fingerprint density at radius 1 is 1.20 bits per heavy atom. The molecule has 0 aromatic carbocycles. The Hall–Kier alpha value is -2.11. The van der Waals surface area contributed by atoms with Gasteiger partial charge in [0.2, 0.25) is 0 Å². The van der Waals surface area contributed by atoms with Crippen molar-refractivity contribution in [3.8, 4) is 0 Å². The fourth-order valence-electron chi connectivity index (χ4n) is 1.38. The molecule has 0 bridgehead atoms. The Morgan fingerprint density at radius 3 is 2.50 bits per heavy atom. The van der Waals surface area contributed by atoms with Gasteiger partial charge in [0.1, 0.15) is 0 Å². The number of pyridine rings is 1. The fraction of sp³-hybridized carbons (Fsp3) is 0.500. The second-order valence-corrected chi connectivity index (χ2v) is 4.93. The molecule has 0 aliphatic carbocycles. The van der Waals surface area contributed by atoms with Gasteiger partial charge in [0.15, 0.2) is 0 Å². The van der Waals surface area contributed by atoms with E-state index in [0.717, 1.165) is 0 Å². The van der Waals surface area contributed by atoms with Crippen LogP contribution in [-0.2, 0) is 0 Å². The lowest BCUT2D eigenvalue weighted by molar-refractivity contribution is 0.0953. The molecule has 0 spiro atoms. The molecule has 0 aliphatic rings. The van der Waals surface area contributed by atoms with Gasteiger partial charge in [-0.15, -0.1) is 0 Å². The van der Waals surface area contributed by atoms with E-state index in [0.29, 0.717) is 24.6 Å². The van der Waals surface area contributed by atoms with Gasteiger partial charge in [0.05, 0.1) is 5.56 Å². The lowest BCUT2D eigenvalue weighted by atomic mass is 10.1. The molecule has 1 unspecified atom stereocenters. The molecule has 1 aromatic heterocycles. The smallest absolute Gasteiger partial charge is 0.315 e. The summed E-state index contributed by atoms with van der Waals surface area (Å²) in [5.74, 6) is 0.182. The summed E-state index contributed by atoms with van der Waals surface area (Å²) in [5, 5.41) is 8.23. The van der Waals surface area contributed by atoms with E-state index < -0.39 is 0 Å². The van der Waals surface area contributed by atoms with E-state index in [1.54, 1.807) is 18.3 Å². The van der Waals surface area contributed by atoms with Crippen LogP contribution in [0.3, 0.4) is 0 Å². The number of carbonyl (C=O) groups is 2. The van der Waals surface area contributed by atoms with Gasteiger partial charge in [0, 0.05) is 31.5 Å². The molecule has 3 N–H and O–H groups in total. The number of carbonyl (C=O) groups excluding carboxylic acids is 2. The molecule has 20 heavy (non-hydrogen) atoms. The van der Waals surface area contributed by atoms with Crippen LogP contribution in [0.15, 0.2) is 24.5 Å². The minimum atomic E-state index is -0.221. The number of amides is 3. The van der Waals surface area contributed by atoms with Crippen molar-refractivity contribution in [3.05, 3.63) is 30.1 Å². The minimum absolute atomic E-state index is 0.111. The van der Waals surface area contributed by atoms with Crippen LogP contribution >= 0.6 is 0 Å². The summed E-state index contributed by atoms with van der Waals surface area (Å²) in [4.78, 5) is 27.1. The normalized spacial score (nSPS) is 11.8. The molecule has 0 radical (unpaired) electrons. The fourth-order valence-corrected chi connectivity index (χ4v) is 1.38. The third-order valence-corrected chi connectivity index (χ3v) is 2.98. The molecule has 1 atom stereocenters. The van der Waals surface area contributed by atoms with Crippen LogP contribution in [0.25, 0.3) is 0 Å². The molecular weight excluding hydrogens is 256 g/mol. The van der Waals surface area contributed by atoms with Crippen LogP contribution in [0.4, 0.5) is 4.79 Å². The van der Waals surface area contributed by atoms with Crippen LogP contribution in [-0.4, -0.2) is 36.1 Å². The molecule has 3 amide bonds. The average Bonchev–Trinajstić information content (AvgIpc) is 2.44. The van der Waals surface area contributed by atoms with E-state index >= 15 is 0 Å². The van der Waals surface area contributed by atoms with Gasteiger partial charge in [-0.2, -0.15) is 0 Å². The monoisotopic (exact) mass is 278 g/mol. The van der Waals surface area contributed by atoms with E-state index in [9.17, 15) is 9.59 Å². The zero-order valence-electron chi connectivity index (χ0n) is 12.1. The SMILES string of the molecule is CC(C)C(C)NC(=O)NCCNC(=O)c1cccnc1. The highest BCUT2D eigenvalue weighted by atomic mass is 16.2. The first-order valence-electron chi connectivity index (χ1n) is 6.73. The van der Waals surface area contributed by atoms with Gasteiger partial charge in [-0.3, -0.25) is 9.78 Å². The molecule has 0 saturated heterocycles. The summed E-state index contributed by atoms with van der Waals surface area (Å²) in [6, 6.07) is 3.28. The highest BCUT2D eigenvalue weighted by Gasteiger charge is 2.10. The summed E-state index contributed by atoms with van der Waals surface area (Å²) >= 11 is 0. The zero-order chi connectivity index (χ0) is 15.0. The van der Waals surface area contributed by atoms with Gasteiger partial charge >= 0.3 is 6.03 Å². The molecule has 1 rings (SSSR count). The molecule has 0 saturated carbocycles. The van der Waals surface area contributed by atoms with Gasteiger partial charge < -0.3 is 16.0 Å². The number of hydrogen-bond donors (Lipinski definition) is 3. The van der Waals surface area contributed by atoms with Crippen LogP contribution in [0, 0.1) is 5.92 Å². The number of nitrogens with zero attached hydrogens (tertiary/aromatic N) is 1. The number of urea groups is 1. The second kappa shape index (κ2) is 8.14. The molecule has 0 fully saturated rings. The van der Waals surface area contributed by atoms with Crippen LogP contribution in [0.1, 0.15) is 31.1 Å². The summed E-state index contributed by atoms with van der Waals surface area (Å²) in [6.07, 6.45) is 3.11. The van der Waals surface area contributed by atoms with E-state index in [4.69, 9.17) is 0 Å². The Morgan fingerprint density at radius 2 is 1.90 bits per heavy atom. The second-order valence-electron chi connectivity index (χ2n) is 4.93. The van der Waals surface area contributed by atoms with Crippen molar-refractivity contribution < 1.29 is 9.59 Å². The standard InChI is InChI=1S/C14H22N4O2/c1-10(2)11(3)18-14(20)17-8-7-16-13(19)12-5-4-6-15-9-12/h4-6,9-11H,7-8H2,1-3H3,(H,16,19)(H2,17,18,20).